The molecule has 0 N–H and O–H groups in total. The molecule has 0 bridgehead atoms. The number of ketones is 1. The van der Waals surface area contributed by atoms with Gasteiger partial charge in [-0.05, 0) is 49.2 Å². The van der Waals surface area contributed by atoms with Crippen molar-refractivity contribution in [2.45, 2.75) is 38.2 Å². The van der Waals surface area contributed by atoms with Gasteiger partial charge in [0.25, 0.3) is 0 Å². The standard InChI is InChI=1S/C24H26O4/c1-17(22(25)18-13-15-21(27-2)16-14-18)23(19-9-5-3-6-10-19)28-24(26)20-11-7-4-8-12-20/h4,7-8,11-16,19,23H,1,3,5-6,9-10H2,2H3. The van der Waals surface area contributed by atoms with E-state index in [0.29, 0.717) is 22.4 Å². The van der Waals surface area contributed by atoms with Crippen molar-refractivity contribution in [1.29, 1.82) is 0 Å². The Balaban J connectivity index is 1.81. The third-order valence-corrected chi connectivity index (χ3v) is 5.31. The van der Waals surface area contributed by atoms with Crippen LogP contribution >= 0.6 is 0 Å². The smallest absolute Gasteiger partial charge is 0.338 e. The minimum absolute atomic E-state index is 0.121. The molecule has 1 aliphatic rings. The molecule has 0 radical (unpaired) electrons. The maximum Gasteiger partial charge on any atom is 0.338 e. The number of ether oxygens (including phenoxy) is 2. The topological polar surface area (TPSA) is 52.6 Å². The van der Waals surface area contributed by atoms with Crippen LogP contribution in [0.25, 0.3) is 0 Å². The zero-order valence-electron chi connectivity index (χ0n) is 16.2. The van der Waals surface area contributed by atoms with Crippen LogP contribution in [-0.2, 0) is 4.74 Å². The summed E-state index contributed by atoms with van der Waals surface area (Å²) in [6.07, 6.45) is 4.59. The van der Waals surface area contributed by atoms with Crippen molar-refractivity contribution < 1.29 is 19.1 Å². The molecule has 0 saturated heterocycles. The van der Waals surface area contributed by atoms with E-state index in [9.17, 15) is 9.59 Å². The summed E-state index contributed by atoms with van der Waals surface area (Å²) in [6, 6.07) is 15.8. The highest BCUT2D eigenvalue weighted by atomic mass is 16.5. The summed E-state index contributed by atoms with van der Waals surface area (Å²) in [4.78, 5) is 25.7. The van der Waals surface area contributed by atoms with Crippen LogP contribution in [0.1, 0.15) is 52.8 Å². The lowest BCUT2D eigenvalue weighted by atomic mass is 9.81. The van der Waals surface area contributed by atoms with Gasteiger partial charge in [-0.3, -0.25) is 4.79 Å². The molecule has 1 aliphatic carbocycles. The summed E-state index contributed by atoms with van der Waals surface area (Å²) in [5, 5.41) is 0. The van der Waals surface area contributed by atoms with Crippen molar-refractivity contribution in [2.24, 2.45) is 5.92 Å². The molecule has 146 valence electrons. The quantitative estimate of drug-likeness (QED) is 0.376. The summed E-state index contributed by atoms with van der Waals surface area (Å²) in [7, 11) is 1.58. The van der Waals surface area contributed by atoms with E-state index in [1.165, 1.54) is 6.42 Å². The second-order valence-corrected chi connectivity index (χ2v) is 7.17. The van der Waals surface area contributed by atoms with Gasteiger partial charge in [-0.15, -0.1) is 0 Å². The first-order valence-electron chi connectivity index (χ1n) is 9.73. The summed E-state index contributed by atoms with van der Waals surface area (Å²) in [6.45, 7) is 4.04. The van der Waals surface area contributed by atoms with Gasteiger partial charge in [-0.2, -0.15) is 0 Å². The van der Waals surface area contributed by atoms with Gasteiger partial charge in [0, 0.05) is 17.1 Å². The molecular weight excluding hydrogens is 352 g/mol. The van der Waals surface area contributed by atoms with E-state index in [2.05, 4.69) is 6.58 Å². The number of carbonyl (C=O) groups excluding carboxylic acids is 2. The van der Waals surface area contributed by atoms with Gasteiger partial charge in [0.05, 0.1) is 12.7 Å². The van der Waals surface area contributed by atoms with Crippen molar-refractivity contribution in [2.75, 3.05) is 7.11 Å². The van der Waals surface area contributed by atoms with Crippen LogP contribution in [0.5, 0.6) is 5.75 Å². The molecule has 1 atom stereocenters. The molecule has 3 rings (SSSR count). The van der Waals surface area contributed by atoms with Gasteiger partial charge in [0.1, 0.15) is 11.9 Å². The van der Waals surface area contributed by atoms with E-state index in [4.69, 9.17) is 9.47 Å². The Morgan fingerprint density at radius 2 is 1.57 bits per heavy atom. The fourth-order valence-corrected chi connectivity index (χ4v) is 3.70. The number of hydrogen-bond acceptors (Lipinski definition) is 4. The van der Waals surface area contributed by atoms with Crippen LogP contribution in [-0.4, -0.2) is 25.0 Å². The number of carbonyl (C=O) groups is 2. The molecular formula is C24H26O4. The van der Waals surface area contributed by atoms with Crippen LogP contribution < -0.4 is 4.74 Å². The number of benzene rings is 2. The van der Waals surface area contributed by atoms with Crippen LogP contribution in [0.4, 0.5) is 0 Å². The van der Waals surface area contributed by atoms with Gasteiger partial charge in [-0.25, -0.2) is 4.79 Å². The van der Waals surface area contributed by atoms with E-state index in [-0.39, 0.29) is 11.7 Å². The highest BCUT2D eigenvalue weighted by Crippen LogP contribution is 2.32. The predicted molar refractivity (Wildman–Crippen MR) is 109 cm³/mol. The van der Waals surface area contributed by atoms with Crippen LogP contribution in [0.3, 0.4) is 0 Å². The molecule has 1 unspecified atom stereocenters. The molecule has 4 nitrogen and oxygen atoms in total. The average molecular weight is 378 g/mol. The Morgan fingerprint density at radius 3 is 2.18 bits per heavy atom. The van der Waals surface area contributed by atoms with E-state index < -0.39 is 12.1 Å². The van der Waals surface area contributed by atoms with E-state index in [1.807, 2.05) is 6.07 Å². The van der Waals surface area contributed by atoms with Crippen LogP contribution in [0, 0.1) is 5.92 Å². The second kappa shape index (κ2) is 9.36. The molecule has 4 heteroatoms. The van der Waals surface area contributed by atoms with Crippen molar-refractivity contribution >= 4 is 11.8 Å². The summed E-state index contributed by atoms with van der Waals surface area (Å²) in [5.41, 5.74) is 1.33. The normalized spacial score (nSPS) is 15.5. The lowest BCUT2D eigenvalue weighted by Gasteiger charge is -2.31. The Bertz CT molecular complexity index is 817. The molecule has 28 heavy (non-hydrogen) atoms. The molecule has 0 spiro atoms. The fraction of sp³-hybridized carbons (Fsp3) is 0.333. The summed E-state index contributed by atoms with van der Waals surface area (Å²) in [5.74, 6) is 0.191. The Morgan fingerprint density at radius 1 is 0.929 bits per heavy atom. The molecule has 1 saturated carbocycles. The van der Waals surface area contributed by atoms with Crippen LogP contribution in [0.2, 0.25) is 0 Å². The van der Waals surface area contributed by atoms with Crippen molar-refractivity contribution in [3.05, 3.63) is 77.9 Å². The first-order valence-corrected chi connectivity index (χ1v) is 9.73. The maximum absolute atomic E-state index is 13.0. The molecule has 0 heterocycles. The monoisotopic (exact) mass is 378 g/mol. The van der Waals surface area contributed by atoms with Gasteiger partial charge in [-0.1, -0.05) is 44.0 Å². The molecule has 0 aliphatic heterocycles. The van der Waals surface area contributed by atoms with E-state index >= 15 is 0 Å². The Labute approximate surface area is 166 Å². The average Bonchev–Trinajstić information content (AvgIpc) is 2.77. The van der Waals surface area contributed by atoms with Crippen molar-refractivity contribution in [1.82, 2.24) is 0 Å². The number of methoxy groups -OCH3 is 1. The molecule has 0 aromatic heterocycles. The van der Waals surface area contributed by atoms with E-state index in [0.717, 1.165) is 25.7 Å². The number of rotatable bonds is 7. The number of Topliss-reactive ketones (excluding diaryl/α,β-unsaturated/α-hetero) is 1. The zero-order valence-corrected chi connectivity index (χ0v) is 16.2. The highest BCUT2D eigenvalue weighted by Gasteiger charge is 2.32. The highest BCUT2D eigenvalue weighted by molar-refractivity contribution is 6.09. The Kier molecular flexibility index (Phi) is 6.64. The van der Waals surface area contributed by atoms with Gasteiger partial charge >= 0.3 is 5.97 Å². The molecule has 0 amide bonds. The first kappa shape index (κ1) is 19.9. The van der Waals surface area contributed by atoms with Gasteiger partial charge < -0.3 is 9.47 Å². The molecule has 2 aromatic carbocycles. The molecule has 1 fully saturated rings. The van der Waals surface area contributed by atoms with Crippen LogP contribution in [0.15, 0.2) is 66.7 Å². The Hall–Kier alpha value is -2.88. The van der Waals surface area contributed by atoms with E-state index in [1.54, 1.807) is 55.6 Å². The summed E-state index contributed by atoms with van der Waals surface area (Å²) < 4.78 is 11.0. The van der Waals surface area contributed by atoms with Crippen molar-refractivity contribution in [3.8, 4) is 5.75 Å². The lowest BCUT2D eigenvalue weighted by molar-refractivity contribution is 0.0192. The number of esters is 1. The zero-order chi connectivity index (χ0) is 19.9. The summed E-state index contributed by atoms with van der Waals surface area (Å²) >= 11 is 0. The molecule has 2 aromatic rings. The first-order chi connectivity index (χ1) is 13.6. The largest absolute Gasteiger partial charge is 0.497 e. The minimum Gasteiger partial charge on any atom is -0.497 e. The SMILES string of the molecule is C=C(C(=O)c1ccc(OC)cc1)C(OC(=O)c1ccccc1)C1CCCCC1. The number of hydrogen-bond donors (Lipinski definition) is 0. The van der Waals surface area contributed by atoms with Crippen molar-refractivity contribution in [3.63, 3.8) is 0 Å². The third kappa shape index (κ3) is 4.69. The van der Waals surface area contributed by atoms with Gasteiger partial charge in [0.15, 0.2) is 5.78 Å². The lowest BCUT2D eigenvalue weighted by Crippen LogP contribution is -2.33. The van der Waals surface area contributed by atoms with Gasteiger partial charge in [0.2, 0.25) is 0 Å². The predicted octanol–water partition coefficient (Wildman–Crippen LogP) is 5.24. The maximum atomic E-state index is 13.0. The fourth-order valence-electron chi connectivity index (χ4n) is 3.70. The minimum atomic E-state index is -0.609. The third-order valence-electron chi connectivity index (χ3n) is 5.31. The second-order valence-electron chi connectivity index (χ2n) is 7.17.